The zero-order valence-electron chi connectivity index (χ0n) is 28.8. The molecule has 266 valence electrons. The number of phenols is 1. The van der Waals surface area contributed by atoms with E-state index in [4.69, 9.17) is 4.74 Å². The number of allylic oxidation sites excluding steroid dienone is 1. The van der Waals surface area contributed by atoms with Gasteiger partial charge in [-0.2, -0.15) is 0 Å². The Morgan fingerprint density at radius 1 is 0.980 bits per heavy atom. The third-order valence-electron chi connectivity index (χ3n) is 10.3. The maximum absolute atomic E-state index is 14.3. The van der Waals surface area contributed by atoms with Crippen LogP contribution in [0.2, 0.25) is 0 Å². The summed E-state index contributed by atoms with van der Waals surface area (Å²) in [7, 11) is 0. The van der Waals surface area contributed by atoms with Gasteiger partial charge >= 0.3 is 12.1 Å². The fraction of sp³-hybridized carbons (Fsp3) is 0.500. The van der Waals surface area contributed by atoms with E-state index in [0.29, 0.717) is 24.9 Å². The van der Waals surface area contributed by atoms with Crippen LogP contribution in [0.5, 0.6) is 5.75 Å². The summed E-state index contributed by atoms with van der Waals surface area (Å²) in [6.45, 7) is 5.89. The van der Waals surface area contributed by atoms with Crippen LogP contribution in [-0.4, -0.2) is 92.7 Å². The standard InChI is InChI=1S/C38H46N4O8/c1-37(2,3)50-36(49)39-30-13-8-6-4-5-7-12-27-19-38(27,35(47)48)40-32(44)31-29-22-41(20-26(29)21-42(31)34(30)46)33(45)25-11-9-10-24(18-25)23-14-16-28(43)17-15-23/h7,9-12,14-18,26-27,29-31,43H,4-6,8,13,19-22H2,1-3H3,(H,39,49)(H,40,44)(H,47,48)/b12-7-/t26-,27+,29-,30+,31-,38-/m0/s1. The Kier molecular flexibility index (Phi) is 9.65. The molecule has 4 amide bonds. The summed E-state index contributed by atoms with van der Waals surface area (Å²) < 4.78 is 5.48. The minimum Gasteiger partial charge on any atom is -0.508 e. The van der Waals surface area contributed by atoms with Crippen molar-refractivity contribution in [3.8, 4) is 16.9 Å². The smallest absolute Gasteiger partial charge is 0.408 e. The topological polar surface area (TPSA) is 166 Å². The maximum atomic E-state index is 14.3. The summed E-state index contributed by atoms with van der Waals surface area (Å²) in [5.74, 6) is -3.24. The first-order valence-electron chi connectivity index (χ1n) is 17.5. The van der Waals surface area contributed by atoms with Crippen molar-refractivity contribution in [3.05, 3.63) is 66.2 Å². The Bertz CT molecular complexity index is 1680. The van der Waals surface area contributed by atoms with Gasteiger partial charge in [-0.1, -0.05) is 49.3 Å². The molecular formula is C38H46N4O8. The van der Waals surface area contributed by atoms with E-state index in [9.17, 15) is 34.2 Å². The van der Waals surface area contributed by atoms with Gasteiger partial charge in [0.25, 0.3) is 5.91 Å². The van der Waals surface area contributed by atoms with E-state index in [0.717, 1.165) is 30.4 Å². The lowest BCUT2D eigenvalue weighted by Gasteiger charge is -2.33. The molecule has 1 aliphatic carbocycles. The van der Waals surface area contributed by atoms with E-state index in [1.807, 2.05) is 18.2 Å². The molecular weight excluding hydrogens is 640 g/mol. The number of nitrogens with zero attached hydrogens (tertiary/aromatic N) is 2. The lowest BCUT2D eigenvalue weighted by molar-refractivity contribution is -0.146. The van der Waals surface area contributed by atoms with Crippen molar-refractivity contribution in [2.45, 2.75) is 82.5 Å². The second-order valence-corrected chi connectivity index (χ2v) is 15.0. The molecule has 2 aromatic rings. The van der Waals surface area contributed by atoms with Crippen LogP contribution in [0.4, 0.5) is 4.79 Å². The van der Waals surface area contributed by atoms with E-state index in [2.05, 4.69) is 10.6 Å². The normalized spacial score (nSPS) is 29.0. The Labute approximate surface area is 291 Å². The number of carboxylic acids is 1. The number of aliphatic carboxylic acids is 1. The van der Waals surface area contributed by atoms with Crippen LogP contribution in [0.25, 0.3) is 11.1 Å². The Morgan fingerprint density at radius 2 is 1.74 bits per heavy atom. The molecule has 6 atom stereocenters. The van der Waals surface area contributed by atoms with Crippen LogP contribution < -0.4 is 10.6 Å². The molecule has 0 aromatic heterocycles. The summed E-state index contributed by atoms with van der Waals surface area (Å²) in [5, 5.41) is 25.5. The first kappa shape index (κ1) is 35.0. The van der Waals surface area contributed by atoms with Crippen LogP contribution in [-0.2, 0) is 19.1 Å². The molecule has 3 fully saturated rings. The molecule has 4 aliphatic rings. The van der Waals surface area contributed by atoms with Crippen LogP contribution in [0, 0.1) is 17.8 Å². The number of rotatable bonds is 4. The third-order valence-corrected chi connectivity index (χ3v) is 10.3. The van der Waals surface area contributed by atoms with E-state index in [1.165, 1.54) is 4.90 Å². The number of phenolic OH excluding ortho intramolecular Hbond substituents is 1. The van der Waals surface area contributed by atoms with Crippen molar-refractivity contribution in [1.82, 2.24) is 20.4 Å². The van der Waals surface area contributed by atoms with Gasteiger partial charge in [0, 0.05) is 43.0 Å². The molecule has 12 nitrogen and oxygen atoms in total. The van der Waals surface area contributed by atoms with Crippen molar-refractivity contribution in [3.63, 3.8) is 0 Å². The highest BCUT2D eigenvalue weighted by molar-refractivity contribution is 5.98. The Balaban J connectivity index is 1.27. The second kappa shape index (κ2) is 13.8. The summed E-state index contributed by atoms with van der Waals surface area (Å²) in [4.78, 5) is 71.0. The third kappa shape index (κ3) is 7.34. The van der Waals surface area contributed by atoms with Crippen LogP contribution in [0.1, 0.15) is 69.7 Å². The highest BCUT2D eigenvalue weighted by atomic mass is 16.6. The molecule has 3 heterocycles. The number of likely N-dealkylation sites (tertiary alicyclic amines) is 1. The molecule has 0 radical (unpaired) electrons. The predicted octanol–water partition coefficient (Wildman–Crippen LogP) is 4.33. The Morgan fingerprint density at radius 3 is 2.46 bits per heavy atom. The number of hydrogen-bond donors (Lipinski definition) is 4. The fourth-order valence-corrected chi connectivity index (χ4v) is 7.65. The molecule has 0 spiro atoms. The van der Waals surface area contributed by atoms with Crippen molar-refractivity contribution < 1.29 is 38.9 Å². The average Bonchev–Trinajstić information content (AvgIpc) is 3.41. The van der Waals surface area contributed by atoms with Gasteiger partial charge < -0.3 is 35.4 Å². The van der Waals surface area contributed by atoms with Gasteiger partial charge in [0.15, 0.2) is 0 Å². The van der Waals surface area contributed by atoms with Gasteiger partial charge in [0.05, 0.1) is 0 Å². The number of nitrogens with one attached hydrogen (secondary N) is 2. The average molecular weight is 687 g/mol. The zero-order chi connectivity index (χ0) is 35.8. The molecule has 12 heteroatoms. The summed E-state index contributed by atoms with van der Waals surface area (Å²) in [5.41, 5.74) is -0.125. The second-order valence-electron chi connectivity index (χ2n) is 15.0. The molecule has 0 unspecified atom stereocenters. The predicted molar refractivity (Wildman–Crippen MR) is 184 cm³/mol. The number of carbonyl (C=O) groups is 5. The van der Waals surface area contributed by atoms with Crippen LogP contribution >= 0.6 is 0 Å². The number of hydrogen-bond acceptors (Lipinski definition) is 7. The van der Waals surface area contributed by atoms with Crippen LogP contribution in [0.3, 0.4) is 0 Å². The number of carbonyl (C=O) groups excluding carboxylic acids is 4. The molecule has 2 aromatic carbocycles. The zero-order valence-corrected chi connectivity index (χ0v) is 28.8. The van der Waals surface area contributed by atoms with E-state index in [1.54, 1.807) is 68.1 Å². The minimum absolute atomic E-state index is 0.143. The monoisotopic (exact) mass is 686 g/mol. The number of alkyl carbamates (subject to hydrolysis) is 1. The molecule has 4 N–H and O–H groups in total. The molecule has 0 bridgehead atoms. The SMILES string of the molecule is CC(C)(C)OC(=O)N[C@@H]1CCCCC/C=C\[C@@H]2C[C@]2(C(=O)O)NC(=O)[C@@H]2[C@H]3CN(C(=O)c4cccc(-c5ccc(O)cc5)c4)C[C@H]3CN2C1=O. The number of amides is 4. The van der Waals surface area contributed by atoms with E-state index < -0.39 is 53.0 Å². The lowest BCUT2D eigenvalue weighted by atomic mass is 9.93. The summed E-state index contributed by atoms with van der Waals surface area (Å²) >= 11 is 0. The molecule has 6 rings (SSSR count). The quantitative estimate of drug-likeness (QED) is 0.345. The number of carboxylic acid groups (broad SMARTS) is 1. The number of benzene rings is 2. The first-order chi connectivity index (χ1) is 23.8. The molecule has 50 heavy (non-hydrogen) atoms. The van der Waals surface area contributed by atoms with Gasteiger partial charge in [-0.15, -0.1) is 0 Å². The molecule has 2 saturated heterocycles. The number of fused-ring (bicyclic) bond motifs is 4. The van der Waals surface area contributed by atoms with E-state index in [-0.39, 0.29) is 43.0 Å². The number of ether oxygens (including phenoxy) is 1. The Hall–Kier alpha value is -4.87. The lowest BCUT2D eigenvalue weighted by Crippen LogP contribution is -2.58. The van der Waals surface area contributed by atoms with Crippen molar-refractivity contribution in [1.29, 1.82) is 0 Å². The fourth-order valence-electron chi connectivity index (χ4n) is 7.65. The van der Waals surface area contributed by atoms with Crippen LogP contribution in [0.15, 0.2) is 60.7 Å². The molecule has 1 saturated carbocycles. The maximum Gasteiger partial charge on any atom is 0.408 e. The van der Waals surface area contributed by atoms with Crippen molar-refractivity contribution in [2.75, 3.05) is 19.6 Å². The highest BCUT2D eigenvalue weighted by Gasteiger charge is 2.62. The van der Waals surface area contributed by atoms with Gasteiger partial charge in [-0.3, -0.25) is 14.4 Å². The van der Waals surface area contributed by atoms with E-state index >= 15 is 0 Å². The van der Waals surface area contributed by atoms with Gasteiger partial charge in [0.2, 0.25) is 11.8 Å². The van der Waals surface area contributed by atoms with Crippen molar-refractivity contribution in [2.24, 2.45) is 17.8 Å². The van der Waals surface area contributed by atoms with Crippen molar-refractivity contribution >= 4 is 29.8 Å². The minimum atomic E-state index is -1.46. The van der Waals surface area contributed by atoms with Gasteiger partial charge in [-0.05, 0) is 81.8 Å². The summed E-state index contributed by atoms with van der Waals surface area (Å²) in [6.07, 6.45) is 6.73. The van der Waals surface area contributed by atoms with Gasteiger partial charge in [-0.25, -0.2) is 9.59 Å². The van der Waals surface area contributed by atoms with Gasteiger partial charge in [0.1, 0.15) is 29.0 Å². The highest BCUT2D eigenvalue weighted by Crippen LogP contribution is 2.46. The molecule has 3 aliphatic heterocycles. The largest absolute Gasteiger partial charge is 0.508 e. The number of aromatic hydroxyl groups is 1. The summed E-state index contributed by atoms with van der Waals surface area (Å²) in [6, 6.07) is 11.9. The first-order valence-corrected chi connectivity index (χ1v) is 17.5.